The van der Waals surface area contributed by atoms with Gasteiger partial charge in [0.2, 0.25) is 0 Å². The lowest BCUT2D eigenvalue weighted by atomic mass is 10.1. The average molecular weight is 242 g/mol. The van der Waals surface area contributed by atoms with Crippen molar-refractivity contribution in [1.29, 1.82) is 0 Å². The van der Waals surface area contributed by atoms with Gasteiger partial charge < -0.3 is 9.47 Å². The second-order valence-electron chi connectivity index (χ2n) is 5.14. The zero-order valence-corrected chi connectivity index (χ0v) is 11.6. The number of rotatable bonds is 10. The maximum atomic E-state index is 5.71. The largest absolute Gasteiger partial charge is 0.353 e. The summed E-state index contributed by atoms with van der Waals surface area (Å²) in [6, 6.07) is 0. The highest BCUT2D eigenvalue weighted by Crippen LogP contribution is 2.14. The Balaban J connectivity index is 1.75. The molecule has 0 spiro atoms. The highest BCUT2D eigenvalue weighted by atomic mass is 16.7. The zero-order valence-electron chi connectivity index (χ0n) is 11.6. The van der Waals surface area contributed by atoms with Gasteiger partial charge in [-0.1, -0.05) is 51.9 Å². The van der Waals surface area contributed by atoms with Gasteiger partial charge in [-0.15, -0.1) is 0 Å². The molecule has 1 aliphatic rings. The Morgan fingerprint density at radius 2 is 1.65 bits per heavy atom. The third-order valence-electron chi connectivity index (χ3n) is 3.44. The van der Waals surface area contributed by atoms with Crippen molar-refractivity contribution in [1.82, 2.24) is 0 Å². The Hall–Kier alpha value is -0.0800. The van der Waals surface area contributed by atoms with E-state index < -0.39 is 0 Å². The fourth-order valence-electron chi connectivity index (χ4n) is 2.29. The molecule has 0 amide bonds. The predicted molar refractivity (Wildman–Crippen MR) is 72.2 cm³/mol. The summed E-state index contributed by atoms with van der Waals surface area (Å²) < 4.78 is 11.2. The van der Waals surface area contributed by atoms with Crippen molar-refractivity contribution in [3.8, 4) is 0 Å². The van der Waals surface area contributed by atoms with Gasteiger partial charge in [-0.05, 0) is 25.7 Å². The fourth-order valence-corrected chi connectivity index (χ4v) is 2.29. The molecule has 0 N–H and O–H groups in total. The molecule has 0 aromatic heterocycles. The number of hydrogen-bond donors (Lipinski definition) is 0. The van der Waals surface area contributed by atoms with Gasteiger partial charge in [0.05, 0.1) is 0 Å². The molecule has 0 aliphatic carbocycles. The van der Waals surface area contributed by atoms with E-state index in [1.807, 2.05) is 0 Å². The van der Waals surface area contributed by atoms with Crippen LogP contribution in [0.5, 0.6) is 0 Å². The standard InChI is InChI=1S/C15H30O2/c1-2-3-4-5-6-7-8-10-13-16-15-12-9-11-14-17-15/h15H,2-14H2,1H3/t15-/m1/s1. The molecule has 2 heteroatoms. The predicted octanol–water partition coefficient (Wildman–Crippen LogP) is 4.67. The molecule has 1 saturated heterocycles. The van der Waals surface area contributed by atoms with Crippen LogP contribution in [0.1, 0.15) is 77.6 Å². The maximum absolute atomic E-state index is 5.71. The van der Waals surface area contributed by atoms with E-state index in [0.29, 0.717) is 0 Å². The minimum Gasteiger partial charge on any atom is -0.353 e. The zero-order chi connectivity index (χ0) is 12.2. The van der Waals surface area contributed by atoms with Crippen LogP contribution in [0.25, 0.3) is 0 Å². The Kier molecular flexibility index (Phi) is 9.72. The van der Waals surface area contributed by atoms with Crippen molar-refractivity contribution in [3.63, 3.8) is 0 Å². The van der Waals surface area contributed by atoms with Gasteiger partial charge in [0.25, 0.3) is 0 Å². The van der Waals surface area contributed by atoms with Crippen molar-refractivity contribution >= 4 is 0 Å². The molecule has 0 radical (unpaired) electrons. The van der Waals surface area contributed by atoms with Crippen molar-refractivity contribution < 1.29 is 9.47 Å². The highest BCUT2D eigenvalue weighted by molar-refractivity contribution is 4.54. The second kappa shape index (κ2) is 11.0. The SMILES string of the molecule is CCCCCCCCCCO[C@H]1CCCCO1. The molecular weight excluding hydrogens is 212 g/mol. The minimum atomic E-state index is 0.105. The topological polar surface area (TPSA) is 18.5 Å². The van der Waals surface area contributed by atoms with E-state index in [0.717, 1.165) is 19.6 Å². The summed E-state index contributed by atoms with van der Waals surface area (Å²) >= 11 is 0. The number of hydrogen-bond acceptors (Lipinski definition) is 2. The first kappa shape index (κ1) is 15.0. The Morgan fingerprint density at radius 1 is 0.941 bits per heavy atom. The first-order chi connectivity index (χ1) is 8.43. The van der Waals surface area contributed by atoms with Gasteiger partial charge in [0, 0.05) is 13.2 Å². The Labute approximate surface area is 107 Å². The molecule has 1 rings (SSSR count). The third kappa shape index (κ3) is 8.62. The molecule has 0 unspecified atom stereocenters. The normalized spacial score (nSPS) is 20.6. The molecule has 17 heavy (non-hydrogen) atoms. The van der Waals surface area contributed by atoms with Crippen molar-refractivity contribution in [3.05, 3.63) is 0 Å². The van der Waals surface area contributed by atoms with E-state index in [9.17, 15) is 0 Å². The lowest BCUT2D eigenvalue weighted by Crippen LogP contribution is -2.22. The van der Waals surface area contributed by atoms with Gasteiger partial charge in [-0.3, -0.25) is 0 Å². The summed E-state index contributed by atoms with van der Waals surface area (Å²) in [5, 5.41) is 0. The molecule has 1 fully saturated rings. The van der Waals surface area contributed by atoms with Crippen LogP contribution in [0, 0.1) is 0 Å². The van der Waals surface area contributed by atoms with E-state index in [2.05, 4.69) is 6.92 Å². The van der Waals surface area contributed by atoms with E-state index in [1.54, 1.807) is 0 Å². The summed E-state index contributed by atoms with van der Waals surface area (Å²) in [4.78, 5) is 0. The fraction of sp³-hybridized carbons (Fsp3) is 1.00. The summed E-state index contributed by atoms with van der Waals surface area (Å²) in [6.45, 7) is 4.05. The first-order valence-corrected chi connectivity index (χ1v) is 7.66. The molecule has 0 saturated carbocycles. The molecule has 1 atom stereocenters. The minimum absolute atomic E-state index is 0.105. The van der Waals surface area contributed by atoms with Crippen LogP contribution in [0.4, 0.5) is 0 Å². The molecule has 1 aliphatic heterocycles. The van der Waals surface area contributed by atoms with Gasteiger partial charge in [-0.25, -0.2) is 0 Å². The lowest BCUT2D eigenvalue weighted by molar-refractivity contribution is -0.162. The van der Waals surface area contributed by atoms with Crippen LogP contribution < -0.4 is 0 Å². The van der Waals surface area contributed by atoms with Crippen molar-refractivity contribution in [2.75, 3.05) is 13.2 Å². The second-order valence-corrected chi connectivity index (χ2v) is 5.14. The van der Waals surface area contributed by atoms with Crippen LogP contribution in [0.3, 0.4) is 0 Å². The van der Waals surface area contributed by atoms with Crippen LogP contribution >= 0.6 is 0 Å². The monoisotopic (exact) mass is 242 g/mol. The van der Waals surface area contributed by atoms with Gasteiger partial charge in [0.15, 0.2) is 6.29 Å². The Morgan fingerprint density at radius 3 is 2.29 bits per heavy atom. The van der Waals surface area contributed by atoms with Crippen molar-refractivity contribution in [2.45, 2.75) is 83.8 Å². The van der Waals surface area contributed by atoms with E-state index in [-0.39, 0.29) is 6.29 Å². The summed E-state index contributed by atoms with van der Waals surface area (Å²) in [6.07, 6.45) is 14.6. The van der Waals surface area contributed by atoms with E-state index >= 15 is 0 Å². The van der Waals surface area contributed by atoms with E-state index in [4.69, 9.17) is 9.47 Å². The molecule has 102 valence electrons. The van der Waals surface area contributed by atoms with E-state index in [1.165, 1.54) is 64.2 Å². The van der Waals surface area contributed by atoms with Crippen molar-refractivity contribution in [2.24, 2.45) is 0 Å². The maximum Gasteiger partial charge on any atom is 0.157 e. The third-order valence-corrected chi connectivity index (χ3v) is 3.44. The average Bonchev–Trinajstić information content (AvgIpc) is 2.38. The Bertz CT molecular complexity index is 153. The first-order valence-electron chi connectivity index (χ1n) is 7.66. The van der Waals surface area contributed by atoms with Gasteiger partial charge >= 0.3 is 0 Å². The van der Waals surface area contributed by atoms with Crippen LogP contribution in [0.15, 0.2) is 0 Å². The van der Waals surface area contributed by atoms with Crippen LogP contribution in [-0.4, -0.2) is 19.5 Å². The lowest BCUT2D eigenvalue weighted by Gasteiger charge is -2.22. The number of ether oxygens (including phenoxy) is 2. The molecule has 1 heterocycles. The molecule has 0 aromatic carbocycles. The molecule has 2 nitrogen and oxygen atoms in total. The van der Waals surface area contributed by atoms with Gasteiger partial charge in [0.1, 0.15) is 0 Å². The summed E-state index contributed by atoms with van der Waals surface area (Å²) in [7, 11) is 0. The molecular formula is C15H30O2. The van der Waals surface area contributed by atoms with Gasteiger partial charge in [-0.2, -0.15) is 0 Å². The van der Waals surface area contributed by atoms with Crippen LogP contribution in [0.2, 0.25) is 0 Å². The quantitative estimate of drug-likeness (QED) is 0.518. The summed E-state index contributed by atoms with van der Waals surface area (Å²) in [5.74, 6) is 0. The molecule has 0 bridgehead atoms. The number of unbranched alkanes of at least 4 members (excludes halogenated alkanes) is 7. The highest BCUT2D eigenvalue weighted by Gasteiger charge is 2.13. The smallest absolute Gasteiger partial charge is 0.157 e. The molecule has 0 aromatic rings. The van der Waals surface area contributed by atoms with Crippen LogP contribution in [-0.2, 0) is 9.47 Å². The summed E-state index contributed by atoms with van der Waals surface area (Å²) in [5.41, 5.74) is 0.